The van der Waals surface area contributed by atoms with Gasteiger partial charge >= 0.3 is 0 Å². The lowest BCUT2D eigenvalue weighted by atomic mass is 10.4. The van der Waals surface area contributed by atoms with Crippen molar-refractivity contribution in [2.24, 2.45) is 17.2 Å². The molecule has 0 rings (SSSR count). The summed E-state index contributed by atoms with van der Waals surface area (Å²) in [6.45, 7) is 0. The lowest BCUT2D eigenvalue weighted by Crippen LogP contribution is -2.34. The zero-order valence-corrected chi connectivity index (χ0v) is 12.7. The van der Waals surface area contributed by atoms with E-state index in [0.717, 1.165) is 23.5 Å². The van der Waals surface area contributed by atoms with Gasteiger partial charge in [-0.25, -0.2) is 0 Å². The Hall–Kier alpha value is -0.580. The molecule has 6 N–H and O–H groups in total. The minimum atomic E-state index is -0.639. The second-order valence-electron chi connectivity index (χ2n) is 3.22. The minimum absolute atomic E-state index is 0.116. The quantitative estimate of drug-likeness (QED) is 0.547. The fourth-order valence-corrected chi connectivity index (χ4v) is 2.40. The van der Waals surface area contributed by atoms with E-state index in [4.69, 9.17) is 16.3 Å². The van der Waals surface area contributed by atoms with Crippen molar-refractivity contribution in [2.45, 2.75) is 6.04 Å². The van der Waals surface area contributed by atoms with Gasteiger partial charge in [0.05, 0.1) is 0 Å². The second kappa shape index (κ2) is 11.5. The van der Waals surface area contributed by atoms with E-state index in [2.05, 4.69) is 18.4 Å². The maximum atomic E-state index is 10.5. The summed E-state index contributed by atoms with van der Waals surface area (Å²) in [4.78, 5) is 32.1. The Morgan fingerprint density at radius 2 is 1.33 bits per heavy atom. The van der Waals surface area contributed by atoms with Gasteiger partial charge in [-0.15, -0.1) is 0 Å². The molecule has 0 atom stereocenters. The number of nitrogens with two attached hydrogens (primary N) is 3. The summed E-state index contributed by atoms with van der Waals surface area (Å²) in [7, 11) is 3.77. The van der Waals surface area contributed by atoms with Crippen LogP contribution in [0, 0.1) is 0 Å². The molecule has 0 heterocycles. The molecular weight excluding hydrogens is 296 g/mol. The SMILES string of the molecule is CN(C)C(CSC(N)=O)CSC(N)=O.NC(=O)S. The van der Waals surface area contributed by atoms with Crippen molar-refractivity contribution in [1.29, 1.82) is 0 Å². The Balaban J connectivity index is 0. The minimum Gasteiger partial charge on any atom is -0.361 e. The largest absolute Gasteiger partial charge is 0.361 e. The number of nitrogens with zero attached hydrogens (tertiary/aromatic N) is 1. The topological polar surface area (TPSA) is 133 Å². The van der Waals surface area contributed by atoms with Gasteiger partial charge in [-0.05, 0) is 14.1 Å². The number of thiol groups is 1. The Morgan fingerprint density at radius 3 is 1.50 bits per heavy atom. The molecule has 0 aliphatic heterocycles. The van der Waals surface area contributed by atoms with Crippen LogP contribution in [0.1, 0.15) is 0 Å². The molecule has 0 aromatic heterocycles. The van der Waals surface area contributed by atoms with E-state index in [1.165, 1.54) is 0 Å². The van der Waals surface area contributed by atoms with Gasteiger partial charge in [0.1, 0.15) is 0 Å². The van der Waals surface area contributed by atoms with E-state index < -0.39 is 15.7 Å². The predicted octanol–water partition coefficient (Wildman–Crippen LogP) is 0.535. The monoisotopic (exact) mass is 314 g/mol. The maximum Gasteiger partial charge on any atom is 0.276 e. The molecule has 0 aromatic carbocycles. The number of primary amides is 3. The van der Waals surface area contributed by atoms with Gasteiger partial charge in [0.15, 0.2) is 0 Å². The summed E-state index contributed by atoms with van der Waals surface area (Å²) in [5.74, 6) is 1.14. The van der Waals surface area contributed by atoms with E-state index >= 15 is 0 Å². The lowest BCUT2D eigenvalue weighted by Gasteiger charge is -2.22. The number of carbonyl (C=O) groups excluding carboxylic acids is 3. The van der Waals surface area contributed by atoms with Gasteiger partial charge < -0.3 is 22.1 Å². The Bertz CT molecular complexity index is 267. The Kier molecular flexibility index (Phi) is 12.6. The van der Waals surface area contributed by atoms with E-state index in [0.29, 0.717) is 11.5 Å². The lowest BCUT2D eigenvalue weighted by molar-refractivity contribution is 0.266. The molecular formula is C8H18N4O3S3. The Morgan fingerprint density at radius 1 is 1.06 bits per heavy atom. The van der Waals surface area contributed by atoms with Crippen LogP contribution in [0.5, 0.6) is 0 Å². The van der Waals surface area contributed by atoms with Crippen LogP contribution in [0.3, 0.4) is 0 Å². The molecule has 7 nitrogen and oxygen atoms in total. The zero-order valence-electron chi connectivity index (χ0n) is 10.2. The molecule has 0 aliphatic carbocycles. The van der Waals surface area contributed by atoms with Crippen molar-refractivity contribution in [3.8, 4) is 0 Å². The van der Waals surface area contributed by atoms with Crippen molar-refractivity contribution in [3.05, 3.63) is 0 Å². The van der Waals surface area contributed by atoms with Gasteiger partial charge in [0, 0.05) is 17.5 Å². The second-order valence-corrected chi connectivity index (χ2v) is 5.71. The van der Waals surface area contributed by atoms with Gasteiger partial charge in [-0.2, -0.15) is 0 Å². The molecule has 0 radical (unpaired) electrons. The van der Waals surface area contributed by atoms with E-state index in [9.17, 15) is 9.59 Å². The van der Waals surface area contributed by atoms with Crippen LogP contribution in [0.4, 0.5) is 14.4 Å². The van der Waals surface area contributed by atoms with Crippen molar-refractivity contribution in [2.75, 3.05) is 25.6 Å². The van der Waals surface area contributed by atoms with Crippen LogP contribution in [-0.4, -0.2) is 52.3 Å². The fraction of sp³-hybridized carbons (Fsp3) is 0.625. The van der Waals surface area contributed by atoms with Crippen LogP contribution in [0.25, 0.3) is 0 Å². The molecule has 0 fully saturated rings. The summed E-state index contributed by atoms with van der Waals surface area (Å²) in [5, 5.41) is -1.44. The predicted molar refractivity (Wildman–Crippen MR) is 80.1 cm³/mol. The third kappa shape index (κ3) is 17.8. The zero-order chi connectivity index (χ0) is 14.7. The first kappa shape index (κ1) is 19.8. The number of amides is 3. The van der Waals surface area contributed by atoms with E-state index in [1.54, 1.807) is 0 Å². The summed E-state index contributed by atoms with van der Waals surface area (Å²) in [6, 6.07) is 0.116. The first-order chi connectivity index (χ1) is 8.16. The molecule has 0 saturated heterocycles. The average Bonchev–Trinajstić information content (AvgIpc) is 2.14. The fourth-order valence-electron chi connectivity index (χ4n) is 0.703. The van der Waals surface area contributed by atoms with Crippen LogP contribution >= 0.6 is 36.2 Å². The molecule has 10 heteroatoms. The number of hydrogen-bond acceptors (Lipinski definition) is 6. The van der Waals surface area contributed by atoms with Crippen LogP contribution < -0.4 is 17.2 Å². The molecule has 0 spiro atoms. The highest BCUT2D eigenvalue weighted by Gasteiger charge is 2.14. The first-order valence-electron chi connectivity index (χ1n) is 4.66. The number of rotatable bonds is 5. The van der Waals surface area contributed by atoms with Crippen molar-refractivity contribution in [3.63, 3.8) is 0 Å². The van der Waals surface area contributed by atoms with E-state index in [-0.39, 0.29) is 6.04 Å². The van der Waals surface area contributed by atoms with Gasteiger partial charge in [-0.1, -0.05) is 36.2 Å². The normalized spacial score (nSPS) is 9.83. The molecule has 3 amide bonds. The highest BCUT2D eigenvalue weighted by atomic mass is 32.2. The summed E-state index contributed by atoms with van der Waals surface area (Å²) < 4.78 is 0. The van der Waals surface area contributed by atoms with Crippen molar-refractivity contribution >= 4 is 51.9 Å². The van der Waals surface area contributed by atoms with Crippen LogP contribution in [-0.2, 0) is 0 Å². The highest BCUT2D eigenvalue weighted by molar-refractivity contribution is 8.14. The van der Waals surface area contributed by atoms with Crippen LogP contribution in [0.2, 0.25) is 0 Å². The van der Waals surface area contributed by atoms with E-state index in [1.807, 2.05) is 19.0 Å². The third-order valence-corrected chi connectivity index (χ3v) is 3.24. The molecule has 0 unspecified atom stereocenters. The number of carbonyl (C=O) groups is 3. The molecule has 0 aliphatic rings. The molecule has 0 saturated carbocycles. The molecule has 106 valence electrons. The van der Waals surface area contributed by atoms with Gasteiger partial charge in [-0.3, -0.25) is 14.4 Å². The number of hydrogen-bond donors (Lipinski definition) is 4. The number of thioether (sulfide) groups is 2. The Labute approximate surface area is 120 Å². The average molecular weight is 314 g/mol. The maximum absolute atomic E-state index is 10.5. The van der Waals surface area contributed by atoms with Gasteiger partial charge in [0.25, 0.3) is 15.7 Å². The molecule has 0 bridgehead atoms. The third-order valence-electron chi connectivity index (χ3n) is 1.57. The standard InChI is InChI=1S/C7H15N3O2S2.CH3NOS/c1-10(2)5(3-13-6(8)11)4-14-7(9)12;2-1(3)4/h5H,3-4H2,1-2H3,(H2,8,11)(H2,9,12);(H3,2,3,4). The summed E-state index contributed by atoms with van der Waals surface area (Å²) in [6.07, 6.45) is 0. The highest BCUT2D eigenvalue weighted by Crippen LogP contribution is 2.12. The van der Waals surface area contributed by atoms with Crippen LogP contribution in [0.15, 0.2) is 0 Å². The molecule has 0 aromatic rings. The van der Waals surface area contributed by atoms with Crippen molar-refractivity contribution < 1.29 is 14.4 Å². The smallest absolute Gasteiger partial charge is 0.276 e. The summed E-state index contributed by atoms with van der Waals surface area (Å²) in [5.41, 5.74) is 14.3. The molecule has 18 heavy (non-hydrogen) atoms. The first-order valence-corrected chi connectivity index (χ1v) is 7.08. The summed E-state index contributed by atoms with van der Waals surface area (Å²) >= 11 is 5.21. The van der Waals surface area contributed by atoms with Crippen molar-refractivity contribution in [1.82, 2.24) is 4.90 Å². The van der Waals surface area contributed by atoms with Gasteiger partial charge in [0.2, 0.25) is 0 Å².